The molecule has 0 spiro atoms. The molecule has 0 unspecified atom stereocenters. The minimum atomic E-state index is -4.01. The van der Waals surface area contributed by atoms with E-state index < -0.39 is 15.8 Å². The fourth-order valence-electron chi connectivity index (χ4n) is 1.83. The number of hydrogen-bond acceptors (Lipinski definition) is 3. The van der Waals surface area contributed by atoms with Crippen molar-refractivity contribution in [2.45, 2.75) is 18.7 Å². The van der Waals surface area contributed by atoms with Crippen LogP contribution in [-0.2, 0) is 14.8 Å². The van der Waals surface area contributed by atoms with Crippen molar-refractivity contribution >= 4 is 38.9 Å². The van der Waals surface area contributed by atoms with E-state index >= 15 is 0 Å². The number of halogens is 2. The van der Waals surface area contributed by atoms with Crippen LogP contribution in [0.4, 0.5) is 15.8 Å². The standard InChI is InChI=1S/C15H14ClFN2O3S/c1-9-3-5-12(8-13(9)16)23(21,22)19-15-7-11(18-10(2)20)4-6-14(15)17/h3-8,19H,1-2H3,(H,18,20). The van der Waals surface area contributed by atoms with E-state index in [2.05, 4.69) is 10.0 Å². The monoisotopic (exact) mass is 356 g/mol. The second-order valence-electron chi connectivity index (χ2n) is 4.89. The van der Waals surface area contributed by atoms with Crippen molar-refractivity contribution < 1.29 is 17.6 Å². The van der Waals surface area contributed by atoms with Crippen LogP contribution in [0, 0.1) is 12.7 Å². The van der Waals surface area contributed by atoms with Crippen LogP contribution in [0.3, 0.4) is 0 Å². The summed E-state index contributed by atoms with van der Waals surface area (Å²) in [6.45, 7) is 3.03. The quantitative estimate of drug-likeness (QED) is 0.879. The molecule has 0 aliphatic heterocycles. The molecule has 2 aromatic rings. The van der Waals surface area contributed by atoms with Crippen LogP contribution in [0.2, 0.25) is 5.02 Å². The zero-order valence-electron chi connectivity index (χ0n) is 12.4. The van der Waals surface area contributed by atoms with Crippen LogP contribution in [0.1, 0.15) is 12.5 Å². The molecular weight excluding hydrogens is 343 g/mol. The average Bonchev–Trinajstić information content (AvgIpc) is 2.44. The third-order valence-corrected chi connectivity index (χ3v) is 4.76. The second-order valence-corrected chi connectivity index (χ2v) is 6.98. The van der Waals surface area contributed by atoms with Crippen molar-refractivity contribution in [2.24, 2.45) is 0 Å². The van der Waals surface area contributed by atoms with Crippen molar-refractivity contribution in [1.29, 1.82) is 0 Å². The summed E-state index contributed by atoms with van der Waals surface area (Å²) in [7, 11) is -4.01. The van der Waals surface area contributed by atoms with Crippen LogP contribution in [0.5, 0.6) is 0 Å². The Morgan fingerprint density at radius 1 is 1.17 bits per heavy atom. The molecule has 1 amide bonds. The van der Waals surface area contributed by atoms with E-state index in [1.165, 1.54) is 31.2 Å². The summed E-state index contributed by atoms with van der Waals surface area (Å²) in [5, 5.41) is 2.74. The lowest BCUT2D eigenvalue weighted by Gasteiger charge is -2.11. The van der Waals surface area contributed by atoms with Gasteiger partial charge in [-0.3, -0.25) is 9.52 Å². The van der Waals surface area contributed by atoms with E-state index in [0.717, 1.165) is 11.6 Å². The van der Waals surface area contributed by atoms with Crippen LogP contribution in [0.15, 0.2) is 41.3 Å². The Bertz CT molecular complexity index is 869. The predicted molar refractivity (Wildman–Crippen MR) is 87.7 cm³/mol. The first-order valence-electron chi connectivity index (χ1n) is 6.55. The third kappa shape index (κ3) is 4.20. The topological polar surface area (TPSA) is 75.3 Å². The van der Waals surface area contributed by atoms with Gasteiger partial charge in [0.15, 0.2) is 0 Å². The molecule has 0 aromatic heterocycles. The Morgan fingerprint density at radius 2 is 1.87 bits per heavy atom. The number of benzene rings is 2. The molecule has 0 saturated heterocycles. The summed E-state index contributed by atoms with van der Waals surface area (Å²) >= 11 is 5.92. The molecule has 0 bridgehead atoms. The van der Waals surface area contributed by atoms with Gasteiger partial charge in [0.25, 0.3) is 10.0 Å². The molecule has 2 rings (SSSR count). The molecule has 0 heterocycles. The number of anilines is 2. The fraction of sp³-hybridized carbons (Fsp3) is 0.133. The molecule has 8 heteroatoms. The zero-order chi connectivity index (χ0) is 17.2. The lowest BCUT2D eigenvalue weighted by molar-refractivity contribution is -0.114. The van der Waals surface area contributed by atoms with Gasteiger partial charge in [-0.15, -0.1) is 0 Å². The molecule has 23 heavy (non-hydrogen) atoms. The number of aryl methyl sites for hydroxylation is 1. The molecule has 2 N–H and O–H groups in total. The number of sulfonamides is 1. The number of carbonyl (C=O) groups excluding carboxylic acids is 1. The number of rotatable bonds is 4. The van der Waals surface area contributed by atoms with Gasteiger partial charge >= 0.3 is 0 Å². The number of amides is 1. The van der Waals surface area contributed by atoms with Crippen molar-refractivity contribution in [3.63, 3.8) is 0 Å². The maximum absolute atomic E-state index is 13.8. The van der Waals surface area contributed by atoms with E-state index in [1.54, 1.807) is 13.0 Å². The normalized spacial score (nSPS) is 11.1. The highest BCUT2D eigenvalue weighted by Gasteiger charge is 2.17. The van der Waals surface area contributed by atoms with Gasteiger partial charge in [0.1, 0.15) is 5.82 Å². The van der Waals surface area contributed by atoms with Crippen molar-refractivity contribution in [1.82, 2.24) is 0 Å². The highest BCUT2D eigenvalue weighted by Crippen LogP contribution is 2.25. The summed E-state index contributed by atoms with van der Waals surface area (Å²) in [6, 6.07) is 7.81. The fourth-order valence-corrected chi connectivity index (χ4v) is 3.16. The minimum absolute atomic E-state index is 0.0857. The summed E-state index contributed by atoms with van der Waals surface area (Å²) in [4.78, 5) is 10.9. The Balaban J connectivity index is 2.36. The molecular formula is C15H14ClFN2O3S. The Hall–Kier alpha value is -2.12. The Morgan fingerprint density at radius 3 is 2.48 bits per heavy atom. The molecule has 0 aliphatic carbocycles. The molecule has 2 aromatic carbocycles. The van der Waals surface area contributed by atoms with E-state index in [0.29, 0.717) is 5.02 Å². The van der Waals surface area contributed by atoms with Gasteiger partial charge in [-0.1, -0.05) is 17.7 Å². The largest absolute Gasteiger partial charge is 0.326 e. The molecule has 0 saturated carbocycles. The minimum Gasteiger partial charge on any atom is -0.326 e. The van der Waals surface area contributed by atoms with Crippen molar-refractivity contribution in [3.8, 4) is 0 Å². The molecule has 5 nitrogen and oxygen atoms in total. The summed E-state index contributed by atoms with van der Waals surface area (Å²) in [5.74, 6) is -1.11. The SMILES string of the molecule is CC(=O)Nc1ccc(F)c(NS(=O)(=O)c2ccc(C)c(Cl)c2)c1. The van der Waals surface area contributed by atoms with Crippen LogP contribution in [-0.4, -0.2) is 14.3 Å². The van der Waals surface area contributed by atoms with Gasteiger partial charge in [0.2, 0.25) is 5.91 Å². The van der Waals surface area contributed by atoms with Gasteiger partial charge in [-0.05, 0) is 42.8 Å². The average molecular weight is 357 g/mol. The van der Waals surface area contributed by atoms with Gasteiger partial charge in [-0.25, -0.2) is 12.8 Å². The maximum Gasteiger partial charge on any atom is 0.262 e. The lowest BCUT2D eigenvalue weighted by Crippen LogP contribution is -2.15. The Kier molecular flexibility index (Phi) is 4.91. The molecule has 122 valence electrons. The third-order valence-electron chi connectivity index (χ3n) is 2.98. The lowest BCUT2D eigenvalue weighted by atomic mass is 10.2. The van der Waals surface area contributed by atoms with Crippen LogP contribution < -0.4 is 10.0 Å². The highest BCUT2D eigenvalue weighted by molar-refractivity contribution is 7.92. The second kappa shape index (κ2) is 6.55. The summed E-state index contributed by atoms with van der Waals surface area (Å²) in [5.41, 5.74) is 0.732. The van der Waals surface area contributed by atoms with Gasteiger partial charge < -0.3 is 5.32 Å². The molecule has 0 fully saturated rings. The Labute approximate surface area is 138 Å². The van der Waals surface area contributed by atoms with Gasteiger partial charge in [0.05, 0.1) is 10.6 Å². The summed E-state index contributed by atoms with van der Waals surface area (Å²) < 4.78 is 40.6. The molecule has 0 radical (unpaired) electrons. The van der Waals surface area contributed by atoms with Crippen LogP contribution >= 0.6 is 11.6 Å². The molecule has 0 atom stereocenters. The maximum atomic E-state index is 13.8. The molecule has 0 aliphatic rings. The van der Waals surface area contributed by atoms with E-state index in [1.807, 2.05) is 0 Å². The predicted octanol–water partition coefficient (Wildman–Crippen LogP) is 3.55. The first-order valence-corrected chi connectivity index (χ1v) is 8.41. The van der Waals surface area contributed by atoms with Crippen molar-refractivity contribution in [3.05, 3.63) is 52.8 Å². The van der Waals surface area contributed by atoms with Crippen molar-refractivity contribution in [2.75, 3.05) is 10.0 Å². The number of carbonyl (C=O) groups is 1. The van der Waals surface area contributed by atoms with Gasteiger partial charge in [-0.2, -0.15) is 0 Å². The first-order chi connectivity index (χ1) is 10.7. The van der Waals surface area contributed by atoms with Crippen LogP contribution in [0.25, 0.3) is 0 Å². The highest BCUT2D eigenvalue weighted by atomic mass is 35.5. The smallest absolute Gasteiger partial charge is 0.262 e. The summed E-state index contributed by atoms with van der Waals surface area (Å²) in [6.07, 6.45) is 0. The van der Waals surface area contributed by atoms with E-state index in [-0.39, 0.29) is 22.2 Å². The van der Waals surface area contributed by atoms with E-state index in [9.17, 15) is 17.6 Å². The van der Waals surface area contributed by atoms with Gasteiger partial charge in [0, 0.05) is 17.6 Å². The van der Waals surface area contributed by atoms with E-state index in [4.69, 9.17) is 11.6 Å². The number of hydrogen-bond donors (Lipinski definition) is 2. The number of nitrogens with one attached hydrogen (secondary N) is 2. The zero-order valence-corrected chi connectivity index (χ0v) is 13.9. The first kappa shape index (κ1) is 17.2.